The fourth-order valence-corrected chi connectivity index (χ4v) is 3.05. The van der Waals surface area contributed by atoms with Gasteiger partial charge in [-0.25, -0.2) is 0 Å². The molecular weight excluding hydrogens is 230 g/mol. The van der Waals surface area contributed by atoms with Gasteiger partial charge in [0, 0.05) is 0 Å². The van der Waals surface area contributed by atoms with Gasteiger partial charge in [-0.2, -0.15) is 0 Å². The molecule has 0 bridgehead atoms. The van der Waals surface area contributed by atoms with Crippen molar-refractivity contribution in [2.45, 2.75) is 58.9 Å². The van der Waals surface area contributed by atoms with Crippen molar-refractivity contribution in [1.82, 2.24) is 5.32 Å². The first-order valence-corrected chi connectivity index (χ1v) is 7.71. The van der Waals surface area contributed by atoms with Crippen molar-refractivity contribution in [3.63, 3.8) is 0 Å². The Balaban J connectivity index is 2.27. The summed E-state index contributed by atoms with van der Waals surface area (Å²) in [6.07, 6.45) is 8.87. The molecule has 1 aromatic carbocycles. The second kappa shape index (κ2) is 6.91. The standard InChI is InChI=1S/C18H27N/c1-4-10-19-18(16-8-6-5-7-9-16)17-12-14(2)11-15(3)13-17/h8,11-13,18-19H,4-7,9-10H2,1-3H3. The topological polar surface area (TPSA) is 12.0 Å². The Morgan fingerprint density at radius 2 is 1.84 bits per heavy atom. The largest absolute Gasteiger partial charge is 0.307 e. The van der Waals surface area contributed by atoms with Crippen molar-refractivity contribution >= 4 is 0 Å². The van der Waals surface area contributed by atoms with E-state index in [4.69, 9.17) is 0 Å². The summed E-state index contributed by atoms with van der Waals surface area (Å²) in [4.78, 5) is 0. The van der Waals surface area contributed by atoms with E-state index in [9.17, 15) is 0 Å². The van der Waals surface area contributed by atoms with Crippen LogP contribution in [0.25, 0.3) is 0 Å². The van der Waals surface area contributed by atoms with Crippen molar-refractivity contribution in [3.8, 4) is 0 Å². The summed E-state index contributed by atoms with van der Waals surface area (Å²) in [7, 11) is 0. The van der Waals surface area contributed by atoms with Gasteiger partial charge in [0.15, 0.2) is 0 Å². The highest BCUT2D eigenvalue weighted by Gasteiger charge is 2.17. The molecule has 0 saturated carbocycles. The quantitative estimate of drug-likeness (QED) is 0.744. The zero-order valence-electron chi connectivity index (χ0n) is 12.6. The maximum Gasteiger partial charge on any atom is 0.0536 e. The van der Waals surface area contributed by atoms with Crippen molar-refractivity contribution < 1.29 is 0 Å². The highest BCUT2D eigenvalue weighted by Crippen LogP contribution is 2.30. The molecule has 0 radical (unpaired) electrons. The van der Waals surface area contributed by atoms with Crippen LogP contribution in [0.5, 0.6) is 0 Å². The first-order chi connectivity index (χ1) is 9.20. The highest BCUT2D eigenvalue weighted by atomic mass is 14.9. The van der Waals surface area contributed by atoms with Crippen LogP contribution in [0, 0.1) is 13.8 Å². The van der Waals surface area contributed by atoms with Crippen molar-refractivity contribution in [1.29, 1.82) is 0 Å². The third-order valence-corrected chi connectivity index (χ3v) is 3.87. The van der Waals surface area contributed by atoms with Crippen LogP contribution in [0.2, 0.25) is 0 Å². The molecule has 1 N–H and O–H groups in total. The lowest BCUT2D eigenvalue weighted by atomic mass is 9.88. The Kier molecular flexibility index (Phi) is 5.21. The van der Waals surface area contributed by atoms with Gasteiger partial charge in [0.2, 0.25) is 0 Å². The van der Waals surface area contributed by atoms with Gasteiger partial charge in [-0.15, -0.1) is 0 Å². The molecule has 1 aliphatic rings. The minimum absolute atomic E-state index is 0.429. The van der Waals surface area contributed by atoms with Crippen molar-refractivity contribution in [3.05, 3.63) is 46.5 Å². The normalized spacial score (nSPS) is 17.1. The van der Waals surface area contributed by atoms with Crippen molar-refractivity contribution in [2.24, 2.45) is 0 Å². The van der Waals surface area contributed by atoms with Gasteiger partial charge < -0.3 is 5.32 Å². The Labute approximate surface area is 118 Å². The maximum atomic E-state index is 3.74. The van der Waals surface area contributed by atoms with Gasteiger partial charge in [-0.3, -0.25) is 0 Å². The van der Waals surface area contributed by atoms with Crippen molar-refractivity contribution in [2.75, 3.05) is 6.54 Å². The SMILES string of the molecule is CCCNC(C1=CCCCC1)c1cc(C)cc(C)c1. The van der Waals surface area contributed by atoms with Crippen LogP contribution in [-0.2, 0) is 0 Å². The predicted molar refractivity (Wildman–Crippen MR) is 83.5 cm³/mol. The van der Waals surface area contributed by atoms with Crippen LogP contribution in [-0.4, -0.2) is 6.54 Å². The van der Waals surface area contributed by atoms with E-state index in [1.807, 2.05) is 0 Å². The molecule has 0 saturated heterocycles. The first kappa shape index (κ1) is 14.3. The van der Waals surface area contributed by atoms with E-state index >= 15 is 0 Å². The van der Waals surface area contributed by atoms with E-state index in [1.54, 1.807) is 5.57 Å². The fourth-order valence-electron chi connectivity index (χ4n) is 3.05. The van der Waals surface area contributed by atoms with E-state index in [2.05, 4.69) is 50.4 Å². The molecule has 0 spiro atoms. The van der Waals surface area contributed by atoms with Crippen LogP contribution in [0.15, 0.2) is 29.8 Å². The second-order valence-corrected chi connectivity index (χ2v) is 5.83. The van der Waals surface area contributed by atoms with Crippen LogP contribution in [0.4, 0.5) is 0 Å². The number of hydrogen-bond acceptors (Lipinski definition) is 1. The number of allylic oxidation sites excluding steroid dienone is 1. The summed E-state index contributed by atoms with van der Waals surface area (Å²) < 4.78 is 0. The summed E-state index contributed by atoms with van der Waals surface area (Å²) >= 11 is 0. The van der Waals surface area contributed by atoms with Gasteiger partial charge in [-0.05, 0) is 58.1 Å². The first-order valence-electron chi connectivity index (χ1n) is 7.71. The molecule has 0 aromatic heterocycles. The number of rotatable bonds is 5. The molecule has 0 aliphatic heterocycles. The van der Waals surface area contributed by atoms with Gasteiger partial charge in [0.25, 0.3) is 0 Å². The Hall–Kier alpha value is -1.08. The lowest BCUT2D eigenvalue weighted by Gasteiger charge is -2.25. The molecule has 0 fully saturated rings. The smallest absolute Gasteiger partial charge is 0.0536 e. The van der Waals surface area contributed by atoms with Crippen LogP contribution >= 0.6 is 0 Å². The van der Waals surface area contributed by atoms with Gasteiger partial charge >= 0.3 is 0 Å². The van der Waals surface area contributed by atoms with E-state index in [1.165, 1.54) is 48.8 Å². The van der Waals surface area contributed by atoms with Gasteiger partial charge in [0.05, 0.1) is 6.04 Å². The van der Waals surface area contributed by atoms with E-state index in [0.29, 0.717) is 6.04 Å². The zero-order chi connectivity index (χ0) is 13.7. The molecule has 1 heteroatoms. The average molecular weight is 257 g/mol. The molecule has 1 aromatic rings. The summed E-state index contributed by atoms with van der Waals surface area (Å²) in [5, 5.41) is 3.74. The number of aryl methyl sites for hydroxylation is 2. The maximum absolute atomic E-state index is 3.74. The third-order valence-electron chi connectivity index (χ3n) is 3.87. The number of nitrogens with one attached hydrogen (secondary N) is 1. The van der Waals surface area contributed by atoms with Crippen LogP contribution in [0.3, 0.4) is 0 Å². The Morgan fingerprint density at radius 3 is 2.42 bits per heavy atom. The molecule has 104 valence electrons. The molecular formula is C18H27N. The monoisotopic (exact) mass is 257 g/mol. The van der Waals surface area contributed by atoms with E-state index in [-0.39, 0.29) is 0 Å². The number of hydrogen-bond donors (Lipinski definition) is 1. The fraction of sp³-hybridized carbons (Fsp3) is 0.556. The molecule has 2 rings (SSSR count). The second-order valence-electron chi connectivity index (χ2n) is 5.83. The Bertz CT molecular complexity index is 425. The molecule has 1 nitrogen and oxygen atoms in total. The summed E-state index contributed by atoms with van der Waals surface area (Å²) in [6, 6.07) is 7.38. The zero-order valence-corrected chi connectivity index (χ0v) is 12.6. The molecule has 19 heavy (non-hydrogen) atoms. The predicted octanol–water partition coefficient (Wildman–Crippen LogP) is 4.84. The number of benzene rings is 1. The average Bonchev–Trinajstić information content (AvgIpc) is 2.39. The molecule has 1 aliphatic carbocycles. The minimum atomic E-state index is 0.429. The lowest BCUT2D eigenvalue weighted by molar-refractivity contribution is 0.546. The third kappa shape index (κ3) is 3.94. The van der Waals surface area contributed by atoms with E-state index < -0.39 is 0 Å². The highest BCUT2D eigenvalue weighted by molar-refractivity contribution is 5.35. The molecule has 1 atom stereocenters. The van der Waals surface area contributed by atoms with Gasteiger partial charge in [-0.1, -0.05) is 47.9 Å². The van der Waals surface area contributed by atoms with E-state index in [0.717, 1.165) is 6.54 Å². The summed E-state index contributed by atoms with van der Waals surface area (Å²) in [5.74, 6) is 0. The molecule has 0 amide bonds. The molecule has 0 heterocycles. The Morgan fingerprint density at radius 1 is 1.11 bits per heavy atom. The summed E-state index contributed by atoms with van der Waals surface area (Å²) in [5.41, 5.74) is 5.79. The van der Waals surface area contributed by atoms with Crippen LogP contribution in [0.1, 0.15) is 61.8 Å². The minimum Gasteiger partial charge on any atom is -0.307 e. The summed E-state index contributed by atoms with van der Waals surface area (Å²) in [6.45, 7) is 7.72. The van der Waals surface area contributed by atoms with Crippen LogP contribution < -0.4 is 5.32 Å². The van der Waals surface area contributed by atoms with Gasteiger partial charge in [0.1, 0.15) is 0 Å². The lowest BCUT2D eigenvalue weighted by Crippen LogP contribution is -2.25. The molecule has 1 unspecified atom stereocenters.